The van der Waals surface area contributed by atoms with Gasteiger partial charge in [-0.2, -0.15) is 0 Å². The van der Waals surface area contributed by atoms with Crippen molar-refractivity contribution in [2.75, 3.05) is 26.7 Å². The molecule has 1 aliphatic heterocycles. The van der Waals surface area contributed by atoms with Crippen LogP contribution in [0.3, 0.4) is 0 Å². The Balaban J connectivity index is 2.16. The van der Waals surface area contributed by atoms with Crippen LogP contribution in [0.15, 0.2) is 28.7 Å². The van der Waals surface area contributed by atoms with Gasteiger partial charge in [-0.15, -0.1) is 0 Å². The molecule has 1 fully saturated rings. The van der Waals surface area contributed by atoms with E-state index in [1.165, 1.54) is 16.9 Å². The fourth-order valence-corrected chi connectivity index (χ4v) is 2.91. The van der Waals surface area contributed by atoms with E-state index in [1.54, 1.807) is 45.0 Å². The lowest BCUT2D eigenvalue weighted by Gasteiger charge is -2.38. The second-order valence-electron chi connectivity index (χ2n) is 6.97. The van der Waals surface area contributed by atoms with Gasteiger partial charge >= 0.3 is 12.1 Å². The minimum atomic E-state index is -0.846. The van der Waals surface area contributed by atoms with Crippen LogP contribution in [0.5, 0.6) is 0 Å². The fourth-order valence-electron chi connectivity index (χ4n) is 2.64. The number of carbonyl (C=O) groups excluding carboxylic acids is 3. The number of hydrogen-bond donors (Lipinski definition) is 0. The first-order chi connectivity index (χ1) is 12.1. The summed E-state index contributed by atoms with van der Waals surface area (Å²) in [5.41, 5.74) is 0.0163. The number of amides is 2. The zero-order valence-electron chi connectivity index (χ0n) is 15.3. The van der Waals surface area contributed by atoms with Crippen LogP contribution in [0.1, 0.15) is 32.4 Å². The lowest BCUT2D eigenvalue weighted by Crippen LogP contribution is -2.55. The Morgan fingerprint density at radius 2 is 1.77 bits per heavy atom. The highest BCUT2D eigenvalue weighted by atomic mass is 79.9. The van der Waals surface area contributed by atoms with E-state index in [1.807, 2.05) is 0 Å². The minimum Gasteiger partial charge on any atom is -0.467 e. The van der Waals surface area contributed by atoms with Crippen molar-refractivity contribution in [2.24, 2.45) is 0 Å². The average Bonchev–Trinajstić information content (AvgIpc) is 2.56. The van der Waals surface area contributed by atoms with Crippen LogP contribution >= 0.6 is 15.9 Å². The molecule has 26 heavy (non-hydrogen) atoms. The molecule has 0 spiro atoms. The van der Waals surface area contributed by atoms with Gasteiger partial charge < -0.3 is 14.4 Å². The van der Waals surface area contributed by atoms with Gasteiger partial charge in [0.05, 0.1) is 7.11 Å². The van der Waals surface area contributed by atoms with Crippen molar-refractivity contribution < 1.29 is 23.9 Å². The van der Waals surface area contributed by atoms with E-state index < -0.39 is 23.7 Å². The van der Waals surface area contributed by atoms with Crippen molar-refractivity contribution >= 4 is 33.9 Å². The Kier molecular flexibility index (Phi) is 6.28. The van der Waals surface area contributed by atoms with Gasteiger partial charge in [0, 0.05) is 17.6 Å². The molecule has 1 aromatic rings. The maximum absolute atomic E-state index is 12.6. The highest BCUT2D eigenvalue weighted by molar-refractivity contribution is 9.10. The topological polar surface area (TPSA) is 76.2 Å². The summed E-state index contributed by atoms with van der Waals surface area (Å²) in [6.07, 6.45) is -0.538. The molecule has 1 saturated heterocycles. The van der Waals surface area contributed by atoms with Crippen LogP contribution in [-0.2, 0) is 19.1 Å². The van der Waals surface area contributed by atoms with E-state index in [0.717, 1.165) is 4.47 Å². The average molecular weight is 427 g/mol. The predicted molar refractivity (Wildman–Crippen MR) is 98.4 cm³/mol. The first kappa shape index (κ1) is 20.2. The summed E-state index contributed by atoms with van der Waals surface area (Å²) in [7, 11) is 1.29. The maximum atomic E-state index is 12.6. The van der Waals surface area contributed by atoms with Crippen molar-refractivity contribution in [3.8, 4) is 0 Å². The molecule has 0 N–H and O–H groups in total. The monoisotopic (exact) mass is 426 g/mol. The van der Waals surface area contributed by atoms with Crippen LogP contribution in [0.25, 0.3) is 0 Å². The molecule has 0 aliphatic carbocycles. The van der Waals surface area contributed by atoms with Gasteiger partial charge in [-0.05, 0) is 38.5 Å². The number of benzene rings is 1. The number of piperazine rings is 1. The molecule has 0 saturated carbocycles. The second kappa shape index (κ2) is 8.07. The lowest BCUT2D eigenvalue weighted by molar-refractivity contribution is -0.155. The van der Waals surface area contributed by atoms with Gasteiger partial charge in [0.1, 0.15) is 12.1 Å². The van der Waals surface area contributed by atoms with Gasteiger partial charge in [0.2, 0.25) is 5.91 Å². The van der Waals surface area contributed by atoms with Crippen molar-refractivity contribution in [2.45, 2.75) is 32.4 Å². The standard InChI is InChI=1S/C18H23BrN2O5/c1-18(2,3)26-17(24)20-9-10-21(14(22)11-20)15(16(23)25-4)12-5-7-13(19)8-6-12/h5-8,15H,9-11H2,1-4H3. The van der Waals surface area contributed by atoms with E-state index >= 15 is 0 Å². The third-order valence-corrected chi connectivity index (χ3v) is 4.36. The highest BCUT2D eigenvalue weighted by Gasteiger charge is 2.37. The Morgan fingerprint density at radius 1 is 1.15 bits per heavy atom. The minimum absolute atomic E-state index is 0.140. The number of rotatable bonds is 3. The summed E-state index contributed by atoms with van der Waals surface area (Å²) in [6.45, 7) is 5.66. The fraction of sp³-hybridized carbons (Fsp3) is 0.500. The van der Waals surface area contributed by atoms with Gasteiger partial charge in [0.25, 0.3) is 0 Å². The molecule has 1 atom stereocenters. The molecule has 7 nitrogen and oxygen atoms in total. The molecule has 1 aromatic carbocycles. The first-order valence-electron chi connectivity index (χ1n) is 8.23. The van der Waals surface area contributed by atoms with Gasteiger partial charge in [-0.25, -0.2) is 9.59 Å². The number of methoxy groups -OCH3 is 1. The van der Waals surface area contributed by atoms with Crippen LogP contribution < -0.4 is 0 Å². The van der Waals surface area contributed by atoms with Gasteiger partial charge in [0.15, 0.2) is 6.04 Å². The third kappa shape index (κ3) is 4.97. The summed E-state index contributed by atoms with van der Waals surface area (Å²) >= 11 is 3.35. The zero-order valence-corrected chi connectivity index (χ0v) is 16.9. The van der Waals surface area contributed by atoms with Gasteiger partial charge in [-0.3, -0.25) is 9.69 Å². The van der Waals surface area contributed by atoms with Crippen LogP contribution in [-0.4, -0.2) is 60.1 Å². The second-order valence-corrected chi connectivity index (χ2v) is 7.88. The van der Waals surface area contributed by atoms with E-state index in [-0.39, 0.29) is 25.5 Å². The number of halogens is 1. The lowest BCUT2D eigenvalue weighted by atomic mass is 10.0. The van der Waals surface area contributed by atoms with E-state index in [9.17, 15) is 14.4 Å². The van der Waals surface area contributed by atoms with E-state index in [4.69, 9.17) is 9.47 Å². The van der Waals surface area contributed by atoms with Crippen molar-refractivity contribution in [3.05, 3.63) is 34.3 Å². The Hall–Kier alpha value is -2.09. The summed E-state index contributed by atoms with van der Waals surface area (Å²) in [4.78, 5) is 39.9. The number of hydrogen-bond acceptors (Lipinski definition) is 5. The Bertz CT molecular complexity index is 684. The van der Waals surface area contributed by atoms with Crippen LogP contribution in [0.4, 0.5) is 4.79 Å². The molecule has 0 radical (unpaired) electrons. The zero-order chi connectivity index (χ0) is 19.5. The molecule has 2 amide bonds. The molecule has 1 heterocycles. The third-order valence-electron chi connectivity index (χ3n) is 3.83. The summed E-state index contributed by atoms with van der Waals surface area (Å²) in [5, 5.41) is 0. The quantitative estimate of drug-likeness (QED) is 0.694. The summed E-state index contributed by atoms with van der Waals surface area (Å²) in [6, 6.07) is 6.28. The van der Waals surface area contributed by atoms with Crippen LogP contribution in [0, 0.1) is 0 Å². The largest absolute Gasteiger partial charge is 0.467 e. The molecule has 8 heteroatoms. The maximum Gasteiger partial charge on any atom is 0.410 e. The molecule has 0 bridgehead atoms. The highest BCUT2D eigenvalue weighted by Crippen LogP contribution is 2.26. The van der Waals surface area contributed by atoms with E-state index in [0.29, 0.717) is 5.56 Å². The van der Waals surface area contributed by atoms with Gasteiger partial charge in [-0.1, -0.05) is 28.1 Å². The SMILES string of the molecule is COC(=O)C(c1ccc(Br)cc1)N1CCN(C(=O)OC(C)(C)C)CC1=O. The first-order valence-corrected chi connectivity index (χ1v) is 9.02. The predicted octanol–water partition coefficient (Wildman–Crippen LogP) is 2.74. The van der Waals surface area contributed by atoms with E-state index in [2.05, 4.69) is 15.9 Å². The number of ether oxygens (including phenoxy) is 2. The molecule has 142 valence electrons. The molecular formula is C18H23BrN2O5. The Labute approximate surface area is 161 Å². The van der Waals surface area contributed by atoms with Crippen molar-refractivity contribution in [1.29, 1.82) is 0 Å². The summed E-state index contributed by atoms with van der Waals surface area (Å²) < 4.78 is 11.1. The summed E-state index contributed by atoms with van der Waals surface area (Å²) in [5.74, 6) is -0.855. The molecule has 1 aliphatic rings. The molecular weight excluding hydrogens is 404 g/mol. The molecule has 2 rings (SSSR count). The van der Waals surface area contributed by atoms with Crippen molar-refractivity contribution in [1.82, 2.24) is 9.80 Å². The number of carbonyl (C=O) groups is 3. The van der Waals surface area contributed by atoms with Crippen LogP contribution in [0.2, 0.25) is 0 Å². The number of esters is 1. The molecule has 1 unspecified atom stereocenters. The van der Waals surface area contributed by atoms with Crippen molar-refractivity contribution in [3.63, 3.8) is 0 Å². The normalized spacial score (nSPS) is 16.3. The molecule has 0 aromatic heterocycles. The smallest absolute Gasteiger partial charge is 0.410 e. The number of nitrogens with zero attached hydrogens (tertiary/aromatic N) is 2. The Morgan fingerprint density at radius 3 is 2.27 bits per heavy atom.